The van der Waals surface area contributed by atoms with Crippen LogP contribution >= 0.6 is 0 Å². The monoisotopic (exact) mass is 272 g/mol. The molecule has 0 N–H and O–H groups in total. The average molecular weight is 272 g/mol. The zero-order chi connectivity index (χ0) is 15.3. The molecule has 0 radical (unpaired) electrons. The summed E-state index contributed by atoms with van der Waals surface area (Å²) in [6.07, 6.45) is 5.47. The van der Waals surface area contributed by atoms with Crippen LogP contribution in [0.2, 0.25) is 0 Å². The van der Waals surface area contributed by atoms with Gasteiger partial charge in [0.25, 0.3) is 0 Å². The molecule has 1 fully saturated rings. The summed E-state index contributed by atoms with van der Waals surface area (Å²) in [5.41, 5.74) is 0. The minimum absolute atomic E-state index is 0.0469. The molecule has 0 bridgehead atoms. The third-order valence-electron chi connectivity index (χ3n) is 2.58. The molecule has 2 atom stereocenters. The maximum Gasteiger partial charge on any atom is 0.313 e. The summed E-state index contributed by atoms with van der Waals surface area (Å²) in [7, 11) is 0. The van der Waals surface area contributed by atoms with E-state index in [1.54, 1.807) is 0 Å². The molecule has 0 aromatic heterocycles. The van der Waals surface area contributed by atoms with E-state index in [1.807, 2.05) is 13.8 Å². The van der Waals surface area contributed by atoms with Crippen molar-refractivity contribution in [3.8, 4) is 0 Å². The Morgan fingerprint density at radius 3 is 2.11 bits per heavy atom. The SMILES string of the molecule is CC.CC(=O)CC(=O)O[C@H]1CCC[C@@H](C)C1.CCC. The van der Waals surface area contributed by atoms with E-state index < -0.39 is 0 Å². The van der Waals surface area contributed by atoms with Crippen molar-refractivity contribution in [2.75, 3.05) is 0 Å². The highest BCUT2D eigenvalue weighted by molar-refractivity contribution is 5.94. The fourth-order valence-corrected chi connectivity index (χ4v) is 1.92. The van der Waals surface area contributed by atoms with E-state index in [0.717, 1.165) is 19.3 Å². The van der Waals surface area contributed by atoms with Crippen LogP contribution in [0, 0.1) is 5.92 Å². The Morgan fingerprint density at radius 1 is 1.16 bits per heavy atom. The normalized spacial score (nSPS) is 21.2. The molecule has 0 saturated heterocycles. The molecular weight excluding hydrogens is 240 g/mol. The van der Waals surface area contributed by atoms with Crippen molar-refractivity contribution in [3.05, 3.63) is 0 Å². The molecule has 1 rings (SSSR count). The Morgan fingerprint density at radius 2 is 1.68 bits per heavy atom. The topological polar surface area (TPSA) is 43.4 Å². The highest BCUT2D eigenvalue weighted by Gasteiger charge is 2.22. The zero-order valence-electron chi connectivity index (χ0n) is 13.6. The van der Waals surface area contributed by atoms with Gasteiger partial charge in [0, 0.05) is 0 Å². The Bertz CT molecular complexity index is 236. The van der Waals surface area contributed by atoms with Crippen molar-refractivity contribution in [1.82, 2.24) is 0 Å². The lowest BCUT2D eigenvalue weighted by molar-refractivity contribution is -0.152. The van der Waals surface area contributed by atoms with Gasteiger partial charge in [-0.2, -0.15) is 0 Å². The van der Waals surface area contributed by atoms with Gasteiger partial charge in [0.05, 0.1) is 0 Å². The van der Waals surface area contributed by atoms with Crippen molar-refractivity contribution in [3.63, 3.8) is 0 Å². The summed E-state index contributed by atoms with van der Waals surface area (Å²) in [4.78, 5) is 21.8. The van der Waals surface area contributed by atoms with Gasteiger partial charge < -0.3 is 4.74 Å². The second-order valence-electron chi connectivity index (χ2n) is 4.97. The Kier molecular flexibility index (Phi) is 14.6. The number of ether oxygens (including phenoxy) is 1. The molecule has 0 aromatic carbocycles. The van der Waals surface area contributed by atoms with Gasteiger partial charge in [-0.1, -0.05) is 47.5 Å². The van der Waals surface area contributed by atoms with Crippen LogP contribution in [0.4, 0.5) is 0 Å². The fourth-order valence-electron chi connectivity index (χ4n) is 1.92. The first-order chi connectivity index (χ1) is 8.99. The number of hydrogen-bond acceptors (Lipinski definition) is 3. The molecule has 0 aliphatic heterocycles. The summed E-state index contributed by atoms with van der Waals surface area (Å²) in [6, 6.07) is 0. The predicted molar refractivity (Wildman–Crippen MR) is 80.1 cm³/mol. The van der Waals surface area contributed by atoms with E-state index in [-0.39, 0.29) is 24.3 Å². The van der Waals surface area contributed by atoms with Gasteiger partial charge in [-0.3, -0.25) is 9.59 Å². The number of ketones is 1. The van der Waals surface area contributed by atoms with Crippen LogP contribution in [0.15, 0.2) is 0 Å². The average Bonchev–Trinajstić information content (AvgIpc) is 2.31. The van der Waals surface area contributed by atoms with Crippen LogP contribution in [0.3, 0.4) is 0 Å². The van der Waals surface area contributed by atoms with Gasteiger partial charge >= 0.3 is 5.97 Å². The summed E-state index contributed by atoms with van der Waals surface area (Å²) in [6.45, 7) is 11.8. The van der Waals surface area contributed by atoms with Crippen LogP contribution in [0.5, 0.6) is 0 Å². The summed E-state index contributed by atoms with van der Waals surface area (Å²) in [5.74, 6) is 0.148. The van der Waals surface area contributed by atoms with Crippen molar-refractivity contribution in [1.29, 1.82) is 0 Å². The van der Waals surface area contributed by atoms with Crippen molar-refractivity contribution >= 4 is 11.8 Å². The third kappa shape index (κ3) is 13.4. The third-order valence-corrected chi connectivity index (χ3v) is 2.58. The molecule has 3 nitrogen and oxygen atoms in total. The Balaban J connectivity index is 0. The lowest BCUT2D eigenvalue weighted by atomic mass is 9.89. The molecular formula is C16H32O3. The largest absolute Gasteiger partial charge is 0.462 e. The van der Waals surface area contributed by atoms with Crippen LogP contribution in [-0.2, 0) is 14.3 Å². The molecule has 1 aliphatic rings. The smallest absolute Gasteiger partial charge is 0.313 e. The number of Topliss-reactive ketones (excluding diaryl/α,β-unsaturated/α-hetero) is 1. The van der Waals surface area contributed by atoms with Gasteiger partial charge in [-0.25, -0.2) is 0 Å². The number of hydrogen-bond donors (Lipinski definition) is 0. The molecule has 0 aromatic rings. The molecule has 0 amide bonds. The standard InChI is InChI=1S/C11H18O3.C3H8.C2H6/c1-8-4-3-5-10(6-8)14-11(13)7-9(2)12;1-3-2;1-2/h8,10H,3-7H2,1-2H3;3H2,1-2H3;1-2H3/t8-,10+;;/m1../s1. The lowest BCUT2D eigenvalue weighted by Crippen LogP contribution is -2.25. The minimum atomic E-state index is -0.364. The molecule has 19 heavy (non-hydrogen) atoms. The molecule has 114 valence electrons. The van der Waals surface area contributed by atoms with Crippen LogP contribution < -0.4 is 0 Å². The van der Waals surface area contributed by atoms with Gasteiger partial charge in [0.15, 0.2) is 0 Å². The zero-order valence-corrected chi connectivity index (χ0v) is 13.6. The Hall–Kier alpha value is -0.860. The van der Waals surface area contributed by atoms with E-state index in [0.29, 0.717) is 5.92 Å². The van der Waals surface area contributed by atoms with Gasteiger partial charge in [0.2, 0.25) is 0 Å². The summed E-state index contributed by atoms with van der Waals surface area (Å²) < 4.78 is 5.21. The number of rotatable bonds is 3. The molecule has 0 spiro atoms. The summed E-state index contributed by atoms with van der Waals surface area (Å²) in [5, 5.41) is 0. The number of carbonyl (C=O) groups excluding carboxylic acids is 2. The lowest BCUT2D eigenvalue weighted by Gasteiger charge is -2.26. The maximum atomic E-state index is 11.2. The van der Waals surface area contributed by atoms with Gasteiger partial charge in [-0.15, -0.1) is 0 Å². The first-order valence-electron chi connectivity index (χ1n) is 7.68. The van der Waals surface area contributed by atoms with Crippen molar-refractivity contribution < 1.29 is 14.3 Å². The number of carbonyl (C=O) groups is 2. The molecule has 1 aliphatic carbocycles. The van der Waals surface area contributed by atoms with Gasteiger partial charge in [0.1, 0.15) is 18.3 Å². The molecule has 0 unspecified atom stereocenters. The second kappa shape index (κ2) is 13.6. The van der Waals surface area contributed by atoms with Crippen molar-refractivity contribution in [2.24, 2.45) is 5.92 Å². The highest BCUT2D eigenvalue weighted by atomic mass is 16.5. The van der Waals surface area contributed by atoms with Crippen molar-refractivity contribution in [2.45, 2.75) is 86.2 Å². The number of esters is 1. The van der Waals surface area contributed by atoms with E-state index in [1.165, 1.54) is 19.8 Å². The molecule has 1 saturated carbocycles. The fraction of sp³-hybridized carbons (Fsp3) is 0.875. The quantitative estimate of drug-likeness (QED) is 0.560. The second-order valence-corrected chi connectivity index (χ2v) is 4.97. The van der Waals surface area contributed by atoms with E-state index in [9.17, 15) is 9.59 Å². The molecule has 3 heteroatoms. The first-order valence-corrected chi connectivity index (χ1v) is 7.68. The summed E-state index contributed by atoms with van der Waals surface area (Å²) >= 11 is 0. The predicted octanol–water partition coefficient (Wildman–Crippen LogP) is 4.53. The van der Waals surface area contributed by atoms with E-state index >= 15 is 0 Å². The van der Waals surface area contributed by atoms with Crippen LogP contribution in [-0.4, -0.2) is 17.9 Å². The first kappa shape index (κ1) is 20.5. The van der Waals surface area contributed by atoms with Crippen LogP contribution in [0.25, 0.3) is 0 Å². The minimum Gasteiger partial charge on any atom is -0.462 e. The van der Waals surface area contributed by atoms with E-state index in [2.05, 4.69) is 20.8 Å². The molecule has 0 heterocycles. The maximum absolute atomic E-state index is 11.2. The van der Waals surface area contributed by atoms with Gasteiger partial charge in [-0.05, 0) is 32.1 Å². The Labute approximate surface area is 119 Å². The van der Waals surface area contributed by atoms with Crippen LogP contribution in [0.1, 0.15) is 80.1 Å². The highest BCUT2D eigenvalue weighted by Crippen LogP contribution is 2.25. The van der Waals surface area contributed by atoms with E-state index in [4.69, 9.17) is 4.74 Å².